The number of amides is 1. The molecule has 2 fully saturated rings. The molecule has 3 atom stereocenters. The van der Waals surface area contributed by atoms with Crippen molar-refractivity contribution in [2.45, 2.75) is 13.0 Å². The van der Waals surface area contributed by atoms with Gasteiger partial charge in [-0.2, -0.15) is 0 Å². The van der Waals surface area contributed by atoms with E-state index in [0.29, 0.717) is 17.6 Å². The normalized spacial score (nSPS) is 23.1. The molecule has 0 saturated carbocycles. The molecule has 0 spiro atoms. The van der Waals surface area contributed by atoms with E-state index < -0.39 is 0 Å². The Morgan fingerprint density at radius 2 is 1.93 bits per heavy atom. The fraction of sp³-hybridized carbons (Fsp3) is 0.409. The Bertz CT molecular complexity index is 829. The van der Waals surface area contributed by atoms with Crippen LogP contribution in [0, 0.1) is 18.8 Å². The van der Waals surface area contributed by atoms with Gasteiger partial charge in [0.05, 0.1) is 13.2 Å². The lowest BCUT2D eigenvalue weighted by Crippen LogP contribution is -2.37. The number of ether oxygens (including phenoxy) is 2. The molecule has 2 aliphatic rings. The van der Waals surface area contributed by atoms with Crippen molar-refractivity contribution in [1.82, 2.24) is 10.2 Å². The minimum atomic E-state index is 0. The lowest BCUT2D eigenvalue weighted by atomic mass is 9.87. The monoisotopic (exact) mass is 402 g/mol. The Morgan fingerprint density at radius 1 is 1.14 bits per heavy atom. The van der Waals surface area contributed by atoms with Crippen molar-refractivity contribution in [3.8, 4) is 11.5 Å². The van der Waals surface area contributed by atoms with E-state index in [9.17, 15) is 4.79 Å². The summed E-state index contributed by atoms with van der Waals surface area (Å²) < 4.78 is 11.0. The molecule has 2 aromatic carbocycles. The van der Waals surface area contributed by atoms with Crippen LogP contribution in [-0.2, 0) is 4.79 Å². The van der Waals surface area contributed by atoms with E-state index in [1.54, 1.807) is 13.2 Å². The van der Waals surface area contributed by atoms with Crippen LogP contribution in [0.1, 0.15) is 17.2 Å². The maximum atomic E-state index is 13.0. The number of hydrogen-bond acceptors (Lipinski definition) is 4. The summed E-state index contributed by atoms with van der Waals surface area (Å²) in [6.07, 6.45) is 0. The predicted octanol–water partition coefficient (Wildman–Crippen LogP) is 3.22. The number of nitrogens with zero attached hydrogens (tertiary/aromatic N) is 1. The molecule has 6 heteroatoms. The van der Waals surface area contributed by atoms with Crippen LogP contribution in [0.3, 0.4) is 0 Å². The number of hydrogen-bond donors (Lipinski definition) is 1. The summed E-state index contributed by atoms with van der Waals surface area (Å²) in [6, 6.07) is 15.9. The summed E-state index contributed by atoms with van der Waals surface area (Å²) in [4.78, 5) is 15.1. The van der Waals surface area contributed by atoms with Crippen LogP contribution in [-0.4, -0.2) is 44.2 Å². The molecule has 0 radical (unpaired) electrons. The minimum absolute atomic E-state index is 0. The van der Waals surface area contributed by atoms with E-state index in [4.69, 9.17) is 9.47 Å². The van der Waals surface area contributed by atoms with E-state index >= 15 is 0 Å². The molecule has 1 amide bonds. The van der Waals surface area contributed by atoms with Gasteiger partial charge >= 0.3 is 0 Å². The Hall–Kier alpha value is -2.24. The third kappa shape index (κ3) is 3.96. The van der Waals surface area contributed by atoms with E-state index in [1.165, 1.54) is 11.1 Å². The first-order chi connectivity index (χ1) is 13.2. The number of aryl methyl sites for hydroxylation is 1. The lowest BCUT2D eigenvalue weighted by Gasteiger charge is -2.29. The van der Waals surface area contributed by atoms with Crippen molar-refractivity contribution in [2.24, 2.45) is 11.8 Å². The van der Waals surface area contributed by atoms with Gasteiger partial charge in [-0.1, -0.05) is 30.3 Å². The summed E-state index contributed by atoms with van der Waals surface area (Å²) in [5.74, 6) is 2.39. The zero-order valence-corrected chi connectivity index (χ0v) is 17.1. The van der Waals surface area contributed by atoms with Crippen molar-refractivity contribution < 1.29 is 14.3 Å². The number of rotatable bonds is 5. The average molecular weight is 403 g/mol. The maximum Gasteiger partial charge on any atom is 0.261 e. The smallest absolute Gasteiger partial charge is 0.261 e. The highest BCUT2D eigenvalue weighted by atomic mass is 35.5. The molecular weight excluding hydrogens is 376 g/mol. The highest BCUT2D eigenvalue weighted by molar-refractivity contribution is 5.85. The lowest BCUT2D eigenvalue weighted by molar-refractivity contribution is -0.134. The Labute approximate surface area is 172 Å². The highest BCUT2D eigenvalue weighted by Gasteiger charge is 2.47. The second-order valence-electron chi connectivity index (χ2n) is 7.40. The number of halogens is 1. The summed E-state index contributed by atoms with van der Waals surface area (Å²) in [5, 5.41) is 3.49. The Morgan fingerprint density at radius 3 is 2.71 bits per heavy atom. The van der Waals surface area contributed by atoms with Gasteiger partial charge in [-0.3, -0.25) is 4.79 Å². The first-order valence-electron chi connectivity index (χ1n) is 9.50. The number of fused-ring (bicyclic) bond motifs is 1. The van der Waals surface area contributed by atoms with Crippen molar-refractivity contribution >= 4 is 18.3 Å². The molecule has 150 valence electrons. The zero-order chi connectivity index (χ0) is 18.8. The molecule has 2 aliphatic heterocycles. The van der Waals surface area contributed by atoms with E-state index in [2.05, 4.69) is 36.5 Å². The van der Waals surface area contributed by atoms with Gasteiger partial charge in [-0.05, 0) is 36.1 Å². The van der Waals surface area contributed by atoms with Gasteiger partial charge in [0.25, 0.3) is 5.91 Å². The van der Waals surface area contributed by atoms with Gasteiger partial charge in [0.1, 0.15) is 11.5 Å². The van der Waals surface area contributed by atoms with Gasteiger partial charge in [-0.15, -0.1) is 12.4 Å². The topological polar surface area (TPSA) is 50.8 Å². The molecule has 0 bridgehead atoms. The van der Waals surface area contributed by atoms with Crippen LogP contribution in [0.5, 0.6) is 11.5 Å². The average Bonchev–Trinajstić information content (AvgIpc) is 3.28. The molecule has 5 nitrogen and oxygen atoms in total. The standard InChI is InChI=1S/C22H26N2O3.ClH/c1-15-6-3-4-9-19(15)22-20-12-23-11-16(20)13-24(22)21(25)14-27-18-8-5-7-17(10-18)26-2;/h3-10,16,20,22-23H,11-14H2,1-2H3;1H/t16-,20-,22+;/m0./s1. The molecule has 4 rings (SSSR count). The second kappa shape index (κ2) is 8.84. The van der Waals surface area contributed by atoms with Gasteiger partial charge < -0.3 is 19.7 Å². The van der Waals surface area contributed by atoms with E-state index in [-0.39, 0.29) is 31.0 Å². The van der Waals surface area contributed by atoms with Crippen LogP contribution in [0.2, 0.25) is 0 Å². The SMILES string of the molecule is COc1cccc(OCC(=O)N2C[C@@H]3CNC[C@@H]3[C@H]2c2ccccc2C)c1.Cl. The molecule has 28 heavy (non-hydrogen) atoms. The van der Waals surface area contributed by atoms with Crippen molar-refractivity contribution in [1.29, 1.82) is 0 Å². The largest absolute Gasteiger partial charge is 0.497 e. The minimum Gasteiger partial charge on any atom is -0.497 e. The molecular formula is C22H27ClN2O3. The van der Waals surface area contributed by atoms with Crippen molar-refractivity contribution in [2.75, 3.05) is 33.4 Å². The second-order valence-corrected chi connectivity index (χ2v) is 7.40. The summed E-state index contributed by atoms with van der Waals surface area (Å²) in [7, 11) is 1.62. The van der Waals surface area contributed by atoms with Crippen LogP contribution >= 0.6 is 12.4 Å². The van der Waals surface area contributed by atoms with Crippen LogP contribution < -0.4 is 14.8 Å². The van der Waals surface area contributed by atoms with Gasteiger partial charge in [0.2, 0.25) is 0 Å². The summed E-state index contributed by atoms with van der Waals surface area (Å²) in [5.41, 5.74) is 2.49. The number of likely N-dealkylation sites (tertiary alicyclic amines) is 1. The number of carbonyl (C=O) groups excluding carboxylic acids is 1. The quantitative estimate of drug-likeness (QED) is 0.834. The zero-order valence-electron chi connectivity index (χ0n) is 16.3. The molecule has 2 heterocycles. The number of carbonyl (C=O) groups is 1. The molecule has 0 aromatic heterocycles. The fourth-order valence-corrected chi connectivity index (χ4v) is 4.41. The van der Waals surface area contributed by atoms with Gasteiger partial charge in [0.15, 0.2) is 6.61 Å². The van der Waals surface area contributed by atoms with Crippen molar-refractivity contribution in [3.63, 3.8) is 0 Å². The molecule has 0 unspecified atom stereocenters. The Balaban J connectivity index is 0.00000225. The Kier molecular flexibility index (Phi) is 6.47. The third-order valence-electron chi connectivity index (χ3n) is 5.80. The van der Waals surface area contributed by atoms with Gasteiger partial charge in [-0.25, -0.2) is 0 Å². The molecule has 1 N–H and O–H groups in total. The maximum absolute atomic E-state index is 13.0. The van der Waals surface area contributed by atoms with Gasteiger partial charge in [0, 0.05) is 31.6 Å². The number of benzene rings is 2. The van der Waals surface area contributed by atoms with Crippen LogP contribution in [0.25, 0.3) is 0 Å². The number of nitrogens with one attached hydrogen (secondary N) is 1. The summed E-state index contributed by atoms with van der Waals surface area (Å²) in [6.45, 7) is 4.90. The van der Waals surface area contributed by atoms with Crippen LogP contribution in [0.15, 0.2) is 48.5 Å². The molecule has 0 aliphatic carbocycles. The fourth-order valence-electron chi connectivity index (χ4n) is 4.41. The third-order valence-corrected chi connectivity index (χ3v) is 5.80. The predicted molar refractivity (Wildman–Crippen MR) is 111 cm³/mol. The number of methoxy groups -OCH3 is 1. The van der Waals surface area contributed by atoms with Crippen LogP contribution in [0.4, 0.5) is 0 Å². The van der Waals surface area contributed by atoms with Crippen molar-refractivity contribution in [3.05, 3.63) is 59.7 Å². The molecule has 2 saturated heterocycles. The highest BCUT2D eigenvalue weighted by Crippen LogP contribution is 2.43. The van der Waals surface area contributed by atoms with E-state index in [0.717, 1.165) is 25.4 Å². The first kappa shape index (κ1) is 20.5. The first-order valence-corrected chi connectivity index (χ1v) is 9.50. The molecule has 2 aromatic rings. The van der Waals surface area contributed by atoms with E-state index in [1.807, 2.05) is 23.1 Å². The summed E-state index contributed by atoms with van der Waals surface area (Å²) >= 11 is 0.